The predicted molar refractivity (Wildman–Crippen MR) is 54.8 cm³/mol. The third kappa shape index (κ3) is 1.83. The molecule has 0 radical (unpaired) electrons. The van der Waals surface area contributed by atoms with E-state index in [2.05, 4.69) is 10.2 Å². The van der Waals surface area contributed by atoms with Crippen LogP contribution in [-0.2, 0) is 9.59 Å². The van der Waals surface area contributed by atoms with Gasteiger partial charge in [-0.25, -0.2) is 0 Å². The van der Waals surface area contributed by atoms with Crippen molar-refractivity contribution in [1.82, 2.24) is 15.1 Å². The van der Waals surface area contributed by atoms with Crippen LogP contribution in [-0.4, -0.2) is 45.0 Å². The summed E-state index contributed by atoms with van der Waals surface area (Å²) in [5, 5.41) is 15.6. The van der Waals surface area contributed by atoms with Crippen molar-refractivity contribution in [2.24, 2.45) is 0 Å². The van der Waals surface area contributed by atoms with Gasteiger partial charge in [0.15, 0.2) is 0 Å². The molecule has 0 aliphatic carbocycles. The van der Waals surface area contributed by atoms with E-state index < -0.39 is 12.0 Å². The Morgan fingerprint density at radius 2 is 2.38 bits per heavy atom. The van der Waals surface area contributed by atoms with E-state index in [-0.39, 0.29) is 18.2 Å². The van der Waals surface area contributed by atoms with Gasteiger partial charge in [0.25, 0.3) is 0 Å². The molecule has 6 nitrogen and oxygen atoms in total. The summed E-state index contributed by atoms with van der Waals surface area (Å²) in [5.74, 6) is -0.981. The number of carboxylic acids is 1. The van der Waals surface area contributed by atoms with E-state index in [1.165, 1.54) is 0 Å². The molecule has 1 aliphatic heterocycles. The molecule has 0 spiro atoms. The number of carbonyl (C=O) groups excluding carboxylic acids is 1. The molecule has 1 aromatic rings. The molecule has 2 unspecified atom stereocenters. The molecule has 6 heteroatoms. The summed E-state index contributed by atoms with van der Waals surface area (Å²) >= 11 is 0. The average Bonchev–Trinajstić information content (AvgIpc) is 2.73. The quantitative estimate of drug-likeness (QED) is 0.747. The number of carbonyl (C=O) groups is 2. The Kier molecular flexibility index (Phi) is 2.74. The zero-order valence-electron chi connectivity index (χ0n) is 8.88. The minimum absolute atomic E-state index is 0.0231. The average molecular weight is 223 g/mol. The van der Waals surface area contributed by atoms with Crippen LogP contribution in [0.3, 0.4) is 0 Å². The molecule has 1 saturated heterocycles. The lowest BCUT2D eigenvalue weighted by molar-refractivity contribution is -0.148. The standard InChI is InChI=1S/C10H13N3O3/c1-13-8(7-2-3-11-12-7)4-6(14)5-9(13)10(15)16/h2-3,8-9H,4-5H2,1H3,(H,11,12)(H,15,16). The van der Waals surface area contributed by atoms with Gasteiger partial charge in [0.1, 0.15) is 11.8 Å². The maximum atomic E-state index is 11.5. The van der Waals surface area contributed by atoms with E-state index in [0.717, 1.165) is 5.69 Å². The first-order valence-corrected chi connectivity index (χ1v) is 5.05. The number of likely N-dealkylation sites (tertiary alicyclic amines) is 1. The van der Waals surface area contributed by atoms with Crippen molar-refractivity contribution in [2.45, 2.75) is 24.9 Å². The second kappa shape index (κ2) is 4.05. The molecule has 1 fully saturated rings. The van der Waals surface area contributed by atoms with Gasteiger partial charge in [-0.2, -0.15) is 5.10 Å². The fraction of sp³-hybridized carbons (Fsp3) is 0.500. The number of rotatable bonds is 2. The van der Waals surface area contributed by atoms with Gasteiger partial charge in [0.2, 0.25) is 0 Å². The minimum atomic E-state index is -0.958. The Labute approximate surface area is 92.3 Å². The number of H-pyrrole nitrogens is 1. The summed E-state index contributed by atoms with van der Waals surface area (Å²) in [6, 6.07) is 0.804. The molecular formula is C10H13N3O3. The molecule has 2 rings (SSSR count). The van der Waals surface area contributed by atoms with Crippen LogP contribution in [0.5, 0.6) is 0 Å². The van der Waals surface area contributed by atoms with Gasteiger partial charge in [-0.15, -0.1) is 0 Å². The molecule has 2 atom stereocenters. The van der Waals surface area contributed by atoms with Gasteiger partial charge in [-0.1, -0.05) is 0 Å². The number of hydrogen-bond donors (Lipinski definition) is 2. The zero-order chi connectivity index (χ0) is 11.7. The van der Waals surface area contributed by atoms with Gasteiger partial charge in [0, 0.05) is 19.0 Å². The third-order valence-electron chi connectivity index (χ3n) is 2.99. The number of aliphatic carboxylic acids is 1. The molecule has 86 valence electrons. The lowest BCUT2D eigenvalue weighted by Crippen LogP contribution is -2.46. The largest absolute Gasteiger partial charge is 0.480 e. The summed E-state index contributed by atoms with van der Waals surface area (Å²) in [5.41, 5.74) is 0.779. The van der Waals surface area contributed by atoms with E-state index in [1.54, 1.807) is 24.2 Å². The van der Waals surface area contributed by atoms with Gasteiger partial charge in [0.05, 0.1) is 11.7 Å². The molecule has 2 N–H and O–H groups in total. The molecule has 16 heavy (non-hydrogen) atoms. The predicted octanol–water partition coefficient (Wildman–Crippen LogP) is 0.199. The molecule has 0 saturated carbocycles. The number of piperidine rings is 1. The minimum Gasteiger partial charge on any atom is -0.480 e. The van der Waals surface area contributed by atoms with Crippen LogP contribution in [0.4, 0.5) is 0 Å². The summed E-state index contributed by atoms with van der Waals surface area (Å²) in [6.45, 7) is 0. The summed E-state index contributed by atoms with van der Waals surface area (Å²) < 4.78 is 0. The number of likely N-dealkylation sites (N-methyl/N-ethyl adjacent to an activating group) is 1. The van der Waals surface area contributed by atoms with Crippen molar-refractivity contribution in [1.29, 1.82) is 0 Å². The highest BCUT2D eigenvalue weighted by Crippen LogP contribution is 2.29. The van der Waals surface area contributed by atoms with E-state index in [9.17, 15) is 9.59 Å². The second-order valence-electron chi connectivity index (χ2n) is 3.99. The van der Waals surface area contributed by atoms with Crippen LogP contribution in [0.15, 0.2) is 12.3 Å². The fourth-order valence-electron chi connectivity index (χ4n) is 2.06. The van der Waals surface area contributed by atoms with Gasteiger partial charge >= 0.3 is 5.97 Å². The summed E-state index contributed by atoms with van der Waals surface area (Å²) in [6.07, 6.45) is 2.01. The van der Waals surface area contributed by atoms with Crippen LogP contribution in [0.1, 0.15) is 24.6 Å². The number of hydrogen-bond acceptors (Lipinski definition) is 4. The van der Waals surface area contributed by atoms with E-state index >= 15 is 0 Å². The Bertz CT molecular complexity index is 401. The molecule has 0 amide bonds. The smallest absolute Gasteiger partial charge is 0.321 e. The van der Waals surface area contributed by atoms with Crippen LogP contribution in [0, 0.1) is 0 Å². The van der Waals surface area contributed by atoms with Crippen molar-refractivity contribution in [3.8, 4) is 0 Å². The highest BCUT2D eigenvalue weighted by Gasteiger charge is 2.37. The van der Waals surface area contributed by atoms with Crippen molar-refractivity contribution in [3.05, 3.63) is 18.0 Å². The topological polar surface area (TPSA) is 86.3 Å². The highest BCUT2D eigenvalue weighted by atomic mass is 16.4. The van der Waals surface area contributed by atoms with Crippen molar-refractivity contribution in [2.75, 3.05) is 7.05 Å². The van der Waals surface area contributed by atoms with Crippen LogP contribution in [0.2, 0.25) is 0 Å². The lowest BCUT2D eigenvalue weighted by Gasteiger charge is -2.35. The Hall–Kier alpha value is -1.69. The molecule has 0 aromatic carbocycles. The van der Waals surface area contributed by atoms with Crippen LogP contribution < -0.4 is 0 Å². The zero-order valence-corrected chi connectivity index (χ0v) is 8.88. The Morgan fingerprint density at radius 3 is 2.94 bits per heavy atom. The highest BCUT2D eigenvalue weighted by molar-refractivity contribution is 5.87. The SMILES string of the molecule is CN1C(C(=O)O)CC(=O)CC1c1ccn[nH]1. The lowest BCUT2D eigenvalue weighted by atomic mass is 9.93. The number of carboxylic acid groups (broad SMARTS) is 1. The van der Waals surface area contributed by atoms with Crippen molar-refractivity contribution >= 4 is 11.8 Å². The Balaban J connectivity index is 2.25. The number of aromatic nitrogens is 2. The second-order valence-corrected chi connectivity index (χ2v) is 3.99. The number of Topliss-reactive ketones (excluding diaryl/α,β-unsaturated/α-hetero) is 1. The van der Waals surface area contributed by atoms with Gasteiger partial charge < -0.3 is 5.11 Å². The van der Waals surface area contributed by atoms with E-state index in [0.29, 0.717) is 6.42 Å². The third-order valence-corrected chi connectivity index (χ3v) is 2.99. The molecular weight excluding hydrogens is 210 g/mol. The van der Waals surface area contributed by atoms with Crippen molar-refractivity contribution < 1.29 is 14.7 Å². The number of nitrogens with one attached hydrogen (secondary N) is 1. The summed E-state index contributed by atoms with van der Waals surface area (Å²) in [4.78, 5) is 24.2. The Morgan fingerprint density at radius 1 is 1.62 bits per heavy atom. The molecule has 1 aromatic heterocycles. The van der Waals surface area contributed by atoms with Crippen molar-refractivity contribution in [3.63, 3.8) is 0 Å². The van der Waals surface area contributed by atoms with Gasteiger partial charge in [-0.3, -0.25) is 19.6 Å². The first-order valence-electron chi connectivity index (χ1n) is 5.05. The van der Waals surface area contributed by atoms with Crippen LogP contribution in [0.25, 0.3) is 0 Å². The monoisotopic (exact) mass is 223 g/mol. The molecule has 0 bridgehead atoms. The number of nitrogens with zero attached hydrogens (tertiary/aromatic N) is 2. The molecule has 2 heterocycles. The first-order chi connectivity index (χ1) is 7.59. The number of aromatic amines is 1. The number of ketones is 1. The first kappa shape index (κ1) is 10.8. The van der Waals surface area contributed by atoms with E-state index in [1.807, 2.05) is 0 Å². The van der Waals surface area contributed by atoms with Gasteiger partial charge in [-0.05, 0) is 13.1 Å². The molecule has 1 aliphatic rings. The normalized spacial score (nSPS) is 26.9. The maximum Gasteiger partial charge on any atom is 0.321 e. The summed E-state index contributed by atoms with van der Waals surface area (Å²) in [7, 11) is 1.72. The van der Waals surface area contributed by atoms with E-state index in [4.69, 9.17) is 5.11 Å². The van der Waals surface area contributed by atoms with Crippen LogP contribution >= 0.6 is 0 Å². The maximum absolute atomic E-state index is 11.5. The fourth-order valence-corrected chi connectivity index (χ4v) is 2.06.